The third kappa shape index (κ3) is 2.53. The quantitative estimate of drug-likeness (QED) is 0.875. The van der Waals surface area contributed by atoms with Crippen LogP contribution in [0.5, 0.6) is 0 Å². The Labute approximate surface area is 99.5 Å². The molecule has 0 radical (unpaired) electrons. The predicted molar refractivity (Wildman–Crippen MR) is 67.4 cm³/mol. The highest BCUT2D eigenvalue weighted by Gasteiger charge is 2.04. The van der Waals surface area contributed by atoms with Crippen LogP contribution in [0.1, 0.15) is 5.69 Å². The number of pyridine rings is 1. The van der Waals surface area contributed by atoms with Crippen molar-refractivity contribution in [3.05, 3.63) is 36.0 Å². The molecule has 1 aromatic heterocycles. The summed E-state index contributed by atoms with van der Waals surface area (Å²) < 4.78 is 0. The van der Waals surface area contributed by atoms with E-state index in [1.165, 1.54) is 0 Å². The highest BCUT2D eigenvalue weighted by molar-refractivity contribution is 5.83. The van der Waals surface area contributed by atoms with Crippen LogP contribution >= 0.6 is 0 Å². The molecule has 0 unspecified atom stereocenters. The maximum absolute atomic E-state index is 10.6. The molecular weight excluding hydrogens is 216 g/mol. The lowest BCUT2D eigenvalue weighted by Gasteiger charge is -2.12. The molecule has 0 saturated carbocycles. The number of hydrogen-bond acceptors (Lipinski definition) is 3. The van der Waals surface area contributed by atoms with Gasteiger partial charge in [0.25, 0.3) is 0 Å². The molecule has 0 fully saturated rings. The predicted octanol–water partition coefficient (Wildman–Crippen LogP) is 1.93. The van der Waals surface area contributed by atoms with Crippen molar-refractivity contribution in [1.29, 1.82) is 0 Å². The Morgan fingerprint density at radius 1 is 1.29 bits per heavy atom. The highest BCUT2D eigenvalue weighted by Crippen LogP contribution is 2.19. The maximum Gasteiger partial charge on any atom is 0.309 e. The minimum atomic E-state index is -0.859. The zero-order valence-electron chi connectivity index (χ0n) is 9.84. The van der Waals surface area contributed by atoms with E-state index in [0.717, 1.165) is 16.6 Å². The lowest BCUT2D eigenvalue weighted by Crippen LogP contribution is -2.08. The van der Waals surface area contributed by atoms with Crippen LogP contribution in [0, 0.1) is 0 Å². The van der Waals surface area contributed by atoms with Gasteiger partial charge in [-0.05, 0) is 24.3 Å². The molecule has 0 spiro atoms. The van der Waals surface area contributed by atoms with Gasteiger partial charge in [-0.25, -0.2) is 0 Å². The van der Waals surface area contributed by atoms with Crippen molar-refractivity contribution in [3.63, 3.8) is 0 Å². The molecule has 1 heterocycles. The molecule has 0 aliphatic heterocycles. The molecule has 0 saturated heterocycles. The number of carboxylic acid groups (broad SMARTS) is 1. The van der Waals surface area contributed by atoms with Gasteiger partial charge in [-0.2, -0.15) is 0 Å². The fourth-order valence-corrected chi connectivity index (χ4v) is 1.69. The van der Waals surface area contributed by atoms with Crippen LogP contribution in [0.25, 0.3) is 10.9 Å². The summed E-state index contributed by atoms with van der Waals surface area (Å²) in [6, 6.07) is 9.59. The fraction of sp³-hybridized carbons (Fsp3) is 0.231. The van der Waals surface area contributed by atoms with Crippen LogP contribution in [0.4, 0.5) is 5.69 Å². The number of anilines is 1. The van der Waals surface area contributed by atoms with Crippen LogP contribution in [-0.2, 0) is 11.2 Å². The molecule has 88 valence electrons. The molecule has 0 aliphatic carbocycles. The Morgan fingerprint density at radius 2 is 2.06 bits per heavy atom. The lowest BCUT2D eigenvalue weighted by molar-refractivity contribution is -0.136. The van der Waals surface area contributed by atoms with Gasteiger partial charge in [-0.3, -0.25) is 9.78 Å². The van der Waals surface area contributed by atoms with Crippen molar-refractivity contribution in [2.24, 2.45) is 0 Å². The Balaban J connectivity index is 2.43. The van der Waals surface area contributed by atoms with Gasteiger partial charge in [-0.15, -0.1) is 0 Å². The Kier molecular flexibility index (Phi) is 2.95. The van der Waals surface area contributed by atoms with E-state index in [0.29, 0.717) is 5.69 Å². The molecule has 0 atom stereocenters. The summed E-state index contributed by atoms with van der Waals surface area (Å²) in [5.74, 6) is -0.859. The topological polar surface area (TPSA) is 53.4 Å². The van der Waals surface area contributed by atoms with Crippen LogP contribution < -0.4 is 4.90 Å². The van der Waals surface area contributed by atoms with Crippen molar-refractivity contribution in [3.8, 4) is 0 Å². The van der Waals surface area contributed by atoms with E-state index in [9.17, 15) is 4.79 Å². The van der Waals surface area contributed by atoms with Crippen LogP contribution in [0.15, 0.2) is 30.3 Å². The summed E-state index contributed by atoms with van der Waals surface area (Å²) in [4.78, 5) is 16.9. The molecule has 0 aliphatic rings. The van der Waals surface area contributed by atoms with Crippen molar-refractivity contribution < 1.29 is 9.90 Å². The van der Waals surface area contributed by atoms with Gasteiger partial charge in [0, 0.05) is 25.2 Å². The van der Waals surface area contributed by atoms with Gasteiger partial charge in [0.1, 0.15) is 0 Å². The molecular formula is C13H14N2O2. The molecule has 17 heavy (non-hydrogen) atoms. The maximum atomic E-state index is 10.6. The molecule has 4 nitrogen and oxygen atoms in total. The second-order valence-corrected chi connectivity index (χ2v) is 4.14. The number of aliphatic carboxylic acids is 1. The zero-order valence-corrected chi connectivity index (χ0v) is 9.84. The molecule has 0 bridgehead atoms. The van der Waals surface area contributed by atoms with E-state index < -0.39 is 5.97 Å². The average Bonchev–Trinajstić information content (AvgIpc) is 2.27. The molecule has 1 aromatic carbocycles. The summed E-state index contributed by atoms with van der Waals surface area (Å²) in [6.07, 6.45) is -0.0363. The van der Waals surface area contributed by atoms with Gasteiger partial charge in [-0.1, -0.05) is 6.07 Å². The first-order valence-electron chi connectivity index (χ1n) is 5.35. The first-order chi connectivity index (χ1) is 8.06. The van der Waals surface area contributed by atoms with Gasteiger partial charge in [0.15, 0.2) is 0 Å². The Bertz CT molecular complexity index is 564. The van der Waals surface area contributed by atoms with Crippen LogP contribution in [0.2, 0.25) is 0 Å². The van der Waals surface area contributed by atoms with E-state index in [-0.39, 0.29) is 6.42 Å². The second kappa shape index (κ2) is 4.41. The van der Waals surface area contributed by atoms with Crippen molar-refractivity contribution in [2.45, 2.75) is 6.42 Å². The first kappa shape index (κ1) is 11.4. The van der Waals surface area contributed by atoms with Crippen molar-refractivity contribution in [1.82, 2.24) is 4.98 Å². The fourth-order valence-electron chi connectivity index (χ4n) is 1.69. The minimum absolute atomic E-state index is 0.0363. The van der Waals surface area contributed by atoms with Gasteiger partial charge in [0.05, 0.1) is 17.6 Å². The van der Waals surface area contributed by atoms with Crippen molar-refractivity contribution in [2.75, 3.05) is 19.0 Å². The SMILES string of the molecule is CN(C)c1ccc2nc(CC(=O)O)ccc2c1. The lowest BCUT2D eigenvalue weighted by atomic mass is 10.1. The van der Waals surface area contributed by atoms with Crippen molar-refractivity contribution >= 4 is 22.6 Å². The van der Waals surface area contributed by atoms with E-state index in [4.69, 9.17) is 5.11 Å². The number of carbonyl (C=O) groups is 1. The number of hydrogen-bond donors (Lipinski definition) is 1. The number of fused-ring (bicyclic) bond motifs is 1. The van der Waals surface area contributed by atoms with Gasteiger partial charge >= 0.3 is 5.97 Å². The van der Waals surface area contributed by atoms with Crippen LogP contribution in [-0.4, -0.2) is 30.2 Å². The van der Waals surface area contributed by atoms with E-state index in [1.807, 2.05) is 43.3 Å². The molecule has 4 heteroatoms. The average molecular weight is 230 g/mol. The second-order valence-electron chi connectivity index (χ2n) is 4.14. The highest BCUT2D eigenvalue weighted by atomic mass is 16.4. The standard InChI is InChI=1S/C13H14N2O2/c1-15(2)11-5-6-12-9(7-11)3-4-10(14-12)8-13(16)17/h3-7H,8H2,1-2H3,(H,16,17). The number of aromatic nitrogens is 1. The number of nitrogens with zero attached hydrogens (tertiary/aromatic N) is 2. The Morgan fingerprint density at radius 3 is 2.71 bits per heavy atom. The largest absolute Gasteiger partial charge is 0.481 e. The number of carboxylic acids is 1. The summed E-state index contributed by atoms with van der Waals surface area (Å²) in [5, 5.41) is 9.73. The van der Waals surface area contributed by atoms with Gasteiger partial charge < -0.3 is 10.0 Å². The molecule has 0 amide bonds. The van der Waals surface area contributed by atoms with Crippen LogP contribution in [0.3, 0.4) is 0 Å². The zero-order chi connectivity index (χ0) is 12.4. The minimum Gasteiger partial charge on any atom is -0.481 e. The third-order valence-electron chi connectivity index (χ3n) is 2.58. The number of rotatable bonds is 3. The van der Waals surface area contributed by atoms with E-state index >= 15 is 0 Å². The summed E-state index contributed by atoms with van der Waals surface area (Å²) in [7, 11) is 3.96. The van der Waals surface area contributed by atoms with E-state index in [2.05, 4.69) is 4.98 Å². The Hall–Kier alpha value is -2.10. The monoisotopic (exact) mass is 230 g/mol. The third-order valence-corrected chi connectivity index (χ3v) is 2.58. The molecule has 2 aromatic rings. The first-order valence-corrected chi connectivity index (χ1v) is 5.35. The van der Waals surface area contributed by atoms with E-state index in [1.54, 1.807) is 6.07 Å². The number of benzene rings is 1. The molecule has 2 rings (SSSR count). The normalized spacial score (nSPS) is 10.5. The molecule has 1 N–H and O–H groups in total. The summed E-state index contributed by atoms with van der Waals surface area (Å²) in [6.45, 7) is 0. The summed E-state index contributed by atoms with van der Waals surface area (Å²) >= 11 is 0. The summed E-state index contributed by atoms with van der Waals surface area (Å²) in [5.41, 5.74) is 2.52. The van der Waals surface area contributed by atoms with Gasteiger partial charge in [0.2, 0.25) is 0 Å². The smallest absolute Gasteiger partial charge is 0.309 e.